The van der Waals surface area contributed by atoms with Crippen molar-refractivity contribution in [3.8, 4) is 0 Å². The number of benzene rings is 2. The first-order chi connectivity index (χ1) is 19.3. The fourth-order valence-corrected chi connectivity index (χ4v) is 4.84. The van der Waals surface area contributed by atoms with Crippen molar-refractivity contribution >= 4 is 46.3 Å². The number of primary amides is 1. The van der Waals surface area contributed by atoms with Crippen LogP contribution in [0.2, 0.25) is 5.02 Å². The lowest BCUT2D eigenvalue weighted by atomic mass is 10.2. The second-order valence-electron chi connectivity index (χ2n) is 10.8. The molecule has 13 heteroatoms. The number of nitrogens with one attached hydrogen (secondary N) is 1. The smallest absolute Gasteiger partial charge is 0.410 e. The van der Waals surface area contributed by atoms with E-state index in [9.17, 15) is 23.6 Å². The van der Waals surface area contributed by atoms with E-state index in [-0.39, 0.29) is 42.5 Å². The average molecular weight is 587 g/mol. The van der Waals surface area contributed by atoms with Crippen LogP contribution >= 0.6 is 11.6 Å². The number of ether oxygens (including phenoxy) is 1. The molecule has 1 fully saturated rings. The fraction of sp³-hybridized carbons (Fsp3) is 0.393. The molecule has 0 aliphatic carbocycles. The van der Waals surface area contributed by atoms with Crippen LogP contribution in [0.5, 0.6) is 0 Å². The molecular weight excluding hydrogens is 555 g/mol. The summed E-state index contributed by atoms with van der Waals surface area (Å²) in [5, 5.41) is 7.31. The van der Waals surface area contributed by atoms with Crippen LogP contribution in [0.25, 0.3) is 10.9 Å². The predicted octanol–water partition coefficient (Wildman–Crippen LogP) is 3.08. The highest BCUT2D eigenvalue weighted by molar-refractivity contribution is 6.30. The lowest BCUT2D eigenvalue weighted by molar-refractivity contribution is -0.138. The van der Waals surface area contributed by atoms with Crippen molar-refractivity contribution in [2.75, 3.05) is 19.6 Å². The number of halogens is 2. The van der Waals surface area contributed by atoms with E-state index < -0.39 is 41.3 Å². The summed E-state index contributed by atoms with van der Waals surface area (Å²) < 4.78 is 21.1. The molecule has 0 spiro atoms. The number of hydrogen-bond acceptors (Lipinski definition) is 6. The Labute approximate surface area is 241 Å². The number of amides is 4. The molecule has 1 aromatic heterocycles. The monoisotopic (exact) mass is 586 g/mol. The van der Waals surface area contributed by atoms with Crippen molar-refractivity contribution in [3.63, 3.8) is 0 Å². The third-order valence-corrected chi connectivity index (χ3v) is 6.87. The minimum absolute atomic E-state index is 0.0261. The van der Waals surface area contributed by atoms with Crippen LogP contribution in [-0.4, -0.2) is 74.7 Å². The van der Waals surface area contributed by atoms with E-state index in [2.05, 4.69) is 10.4 Å². The quantitative estimate of drug-likeness (QED) is 0.416. The number of rotatable bonds is 8. The van der Waals surface area contributed by atoms with E-state index >= 15 is 0 Å². The van der Waals surface area contributed by atoms with Gasteiger partial charge in [-0.1, -0.05) is 41.9 Å². The zero-order valence-corrected chi connectivity index (χ0v) is 23.8. The molecule has 1 saturated heterocycles. The Bertz CT molecular complexity index is 1490. The van der Waals surface area contributed by atoms with Gasteiger partial charge in [0.05, 0.1) is 23.1 Å². The minimum Gasteiger partial charge on any atom is -0.444 e. The van der Waals surface area contributed by atoms with Gasteiger partial charge in [-0.2, -0.15) is 5.10 Å². The molecule has 41 heavy (non-hydrogen) atoms. The van der Waals surface area contributed by atoms with Crippen molar-refractivity contribution in [2.45, 2.75) is 51.9 Å². The van der Waals surface area contributed by atoms with Crippen LogP contribution in [0, 0.1) is 5.82 Å². The van der Waals surface area contributed by atoms with Crippen molar-refractivity contribution in [1.82, 2.24) is 24.9 Å². The summed E-state index contributed by atoms with van der Waals surface area (Å²) in [6.45, 7) is 5.00. The number of carbonyl (C=O) groups excluding carboxylic acids is 4. The Morgan fingerprint density at radius 2 is 1.90 bits per heavy atom. The average Bonchev–Trinajstić information content (AvgIpc) is 3.53. The Hall–Kier alpha value is -4.19. The second kappa shape index (κ2) is 12.1. The number of nitrogens with two attached hydrogens (primary N) is 1. The molecule has 1 aliphatic rings. The van der Waals surface area contributed by atoms with Gasteiger partial charge in [-0.3, -0.25) is 19.1 Å². The van der Waals surface area contributed by atoms with Gasteiger partial charge in [0.15, 0.2) is 5.69 Å². The SMILES string of the molecule is CC(C)(C)OC(=O)N1CC[C@H](N(CC(=O)NCc2cccc(Cl)c2F)C(=O)Cn2nc(C(N)=O)c3ccccc32)C1. The van der Waals surface area contributed by atoms with E-state index in [1.807, 2.05) is 0 Å². The van der Waals surface area contributed by atoms with E-state index in [0.29, 0.717) is 23.9 Å². The first kappa shape index (κ1) is 29.8. The fourth-order valence-electron chi connectivity index (χ4n) is 4.65. The lowest BCUT2D eigenvalue weighted by Gasteiger charge is -2.29. The molecule has 0 saturated carbocycles. The second-order valence-corrected chi connectivity index (χ2v) is 11.2. The summed E-state index contributed by atoms with van der Waals surface area (Å²) >= 11 is 5.84. The molecule has 2 aromatic carbocycles. The zero-order chi connectivity index (χ0) is 29.9. The van der Waals surface area contributed by atoms with Crippen LogP contribution in [0.3, 0.4) is 0 Å². The van der Waals surface area contributed by atoms with Crippen molar-refractivity contribution in [2.24, 2.45) is 5.73 Å². The van der Waals surface area contributed by atoms with Crippen LogP contribution < -0.4 is 11.1 Å². The first-order valence-corrected chi connectivity index (χ1v) is 13.4. The van der Waals surface area contributed by atoms with Gasteiger partial charge >= 0.3 is 6.09 Å². The summed E-state index contributed by atoms with van der Waals surface area (Å²) in [7, 11) is 0. The largest absolute Gasteiger partial charge is 0.444 e. The molecule has 3 aromatic rings. The molecule has 1 aliphatic heterocycles. The standard InChI is InChI=1S/C28H32ClFN6O5/c1-28(2,3)41-27(40)34-12-11-18(14-34)35(15-22(37)32-13-17-7-6-9-20(29)24(17)30)23(38)16-36-21-10-5-4-8-19(21)25(33-36)26(31)39/h4-10,18H,11-16H2,1-3H3,(H2,31,39)(H,32,37)/t18-/m0/s1. The van der Waals surface area contributed by atoms with Crippen molar-refractivity contribution in [3.05, 3.63) is 64.6 Å². The first-order valence-electron chi connectivity index (χ1n) is 13.1. The Morgan fingerprint density at radius 3 is 2.61 bits per heavy atom. The van der Waals surface area contributed by atoms with Crippen LogP contribution in [-0.2, 0) is 27.4 Å². The molecule has 2 heterocycles. The Balaban J connectivity index is 1.54. The summed E-state index contributed by atoms with van der Waals surface area (Å²) in [6.07, 6.45) is -0.106. The predicted molar refractivity (Wildman–Crippen MR) is 149 cm³/mol. The highest BCUT2D eigenvalue weighted by atomic mass is 35.5. The van der Waals surface area contributed by atoms with Crippen molar-refractivity contribution in [1.29, 1.82) is 0 Å². The number of likely N-dealkylation sites (tertiary alicyclic amines) is 1. The Morgan fingerprint density at radius 1 is 1.17 bits per heavy atom. The maximum absolute atomic E-state index is 14.3. The Kier molecular flexibility index (Phi) is 8.81. The number of carbonyl (C=O) groups is 4. The van der Waals surface area contributed by atoms with Gasteiger partial charge in [-0.05, 0) is 39.3 Å². The molecular formula is C28H32ClFN6O5. The molecule has 0 unspecified atom stereocenters. The topological polar surface area (TPSA) is 140 Å². The normalized spacial score (nSPS) is 15.1. The number of hydrogen-bond donors (Lipinski definition) is 2. The zero-order valence-electron chi connectivity index (χ0n) is 23.0. The van der Waals surface area contributed by atoms with Crippen molar-refractivity contribution < 1.29 is 28.3 Å². The summed E-state index contributed by atoms with van der Waals surface area (Å²) in [5.74, 6) is -2.37. The summed E-state index contributed by atoms with van der Waals surface area (Å²) in [6, 6.07) is 10.8. The minimum atomic E-state index is -0.735. The number of para-hydroxylation sites is 1. The third kappa shape index (κ3) is 7.12. The van der Waals surface area contributed by atoms with Crippen LogP contribution in [0.4, 0.5) is 9.18 Å². The molecule has 0 bridgehead atoms. The van der Waals surface area contributed by atoms with Gasteiger partial charge in [0.25, 0.3) is 5.91 Å². The van der Waals surface area contributed by atoms with Gasteiger partial charge < -0.3 is 25.6 Å². The molecule has 4 amide bonds. The molecule has 218 valence electrons. The van der Waals surface area contributed by atoms with Crippen LogP contribution in [0.15, 0.2) is 42.5 Å². The van der Waals surface area contributed by atoms with E-state index in [0.717, 1.165) is 0 Å². The van der Waals surface area contributed by atoms with Gasteiger partial charge in [-0.15, -0.1) is 0 Å². The molecule has 11 nitrogen and oxygen atoms in total. The molecule has 1 atom stereocenters. The van der Waals surface area contributed by atoms with Gasteiger partial charge in [0.1, 0.15) is 18.0 Å². The number of aromatic nitrogens is 2. The van der Waals surface area contributed by atoms with Gasteiger partial charge in [0, 0.05) is 30.6 Å². The summed E-state index contributed by atoms with van der Waals surface area (Å²) in [4.78, 5) is 54.2. The highest BCUT2D eigenvalue weighted by Gasteiger charge is 2.36. The highest BCUT2D eigenvalue weighted by Crippen LogP contribution is 2.22. The van der Waals surface area contributed by atoms with Gasteiger partial charge in [0.2, 0.25) is 11.8 Å². The number of fused-ring (bicyclic) bond motifs is 1. The van der Waals surface area contributed by atoms with Crippen LogP contribution in [0.1, 0.15) is 43.2 Å². The van der Waals surface area contributed by atoms with E-state index in [1.54, 1.807) is 51.1 Å². The maximum atomic E-state index is 14.3. The van der Waals surface area contributed by atoms with Gasteiger partial charge in [-0.25, -0.2) is 9.18 Å². The van der Waals surface area contributed by atoms with E-state index in [4.69, 9.17) is 22.1 Å². The molecule has 0 radical (unpaired) electrons. The third-order valence-electron chi connectivity index (χ3n) is 6.57. The number of nitrogens with zero attached hydrogens (tertiary/aromatic N) is 4. The summed E-state index contributed by atoms with van der Waals surface area (Å²) in [5.41, 5.74) is 5.54. The molecule has 4 rings (SSSR count). The lowest BCUT2D eigenvalue weighted by Crippen LogP contribution is -2.49. The maximum Gasteiger partial charge on any atom is 0.410 e. The molecule has 3 N–H and O–H groups in total. The van der Waals surface area contributed by atoms with E-state index in [1.165, 1.54) is 26.6 Å².